The molecule has 2 aliphatic rings. The lowest BCUT2D eigenvalue weighted by molar-refractivity contribution is 0.00637. The van der Waals surface area contributed by atoms with Crippen LogP contribution in [0.2, 0.25) is 0 Å². The Morgan fingerprint density at radius 3 is 3.00 bits per heavy atom. The number of nitrogens with two attached hydrogens (primary N) is 1. The lowest BCUT2D eigenvalue weighted by Gasteiger charge is -2.50. The lowest BCUT2D eigenvalue weighted by Crippen LogP contribution is -2.63. The van der Waals surface area contributed by atoms with Crippen LogP contribution in [0.1, 0.15) is 31.2 Å². The normalized spacial score (nSPS) is 30.4. The molecule has 0 bridgehead atoms. The summed E-state index contributed by atoms with van der Waals surface area (Å²) in [7, 11) is 1.84. The molecule has 104 valence electrons. The molecule has 0 saturated heterocycles. The first-order valence-electron chi connectivity index (χ1n) is 7.40. The zero-order valence-corrected chi connectivity index (χ0v) is 11.8. The number of para-hydroxylation sites is 1. The molecule has 0 radical (unpaired) electrons. The van der Waals surface area contributed by atoms with Crippen LogP contribution in [0.5, 0.6) is 0 Å². The molecule has 3 rings (SSSR count). The molecule has 2 N–H and O–H groups in total. The van der Waals surface area contributed by atoms with Crippen molar-refractivity contribution in [2.45, 2.75) is 43.7 Å². The first-order chi connectivity index (χ1) is 9.31. The van der Waals surface area contributed by atoms with Crippen molar-refractivity contribution in [3.8, 4) is 0 Å². The molecular weight excluding hydrogens is 236 g/mol. The Morgan fingerprint density at radius 1 is 1.37 bits per heavy atom. The molecule has 0 amide bonds. The number of ether oxygens (including phenoxy) is 1. The Bertz CT molecular complexity index is 448. The minimum absolute atomic E-state index is 0.000394. The minimum atomic E-state index is -0.000394. The average molecular weight is 260 g/mol. The molecule has 1 aliphatic carbocycles. The molecule has 1 saturated carbocycles. The van der Waals surface area contributed by atoms with Gasteiger partial charge in [-0.25, -0.2) is 0 Å². The van der Waals surface area contributed by atoms with Crippen LogP contribution in [0.3, 0.4) is 0 Å². The van der Waals surface area contributed by atoms with Crippen molar-refractivity contribution in [3.05, 3.63) is 29.8 Å². The minimum Gasteiger partial charge on any atom is -0.379 e. The standard InChI is InChI=1S/C16H24N2O/c1-19-15-8-4-5-10-16(15,12-17)18-11-9-13-6-2-3-7-14(13)18/h2-3,6-7,15H,4-5,8-12,17H2,1H3. The van der Waals surface area contributed by atoms with Gasteiger partial charge in [-0.2, -0.15) is 0 Å². The second-order valence-corrected chi connectivity index (χ2v) is 5.81. The van der Waals surface area contributed by atoms with E-state index in [1.807, 2.05) is 7.11 Å². The molecule has 1 aromatic carbocycles. The number of hydrogen-bond donors (Lipinski definition) is 1. The molecule has 0 aromatic heterocycles. The van der Waals surface area contributed by atoms with Crippen LogP contribution in [0.25, 0.3) is 0 Å². The summed E-state index contributed by atoms with van der Waals surface area (Å²) in [6.07, 6.45) is 6.19. The van der Waals surface area contributed by atoms with Crippen LogP contribution < -0.4 is 10.6 Å². The first kappa shape index (κ1) is 12.9. The highest BCUT2D eigenvalue weighted by molar-refractivity contribution is 5.60. The third-order valence-electron chi connectivity index (χ3n) is 4.99. The maximum Gasteiger partial charge on any atom is 0.0815 e. The van der Waals surface area contributed by atoms with E-state index >= 15 is 0 Å². The number of fused-ring (bicyclic) bond motifs is 1. The SMILES string of the molecule is COC1CCCCC1(CN)N1CCc2ccccc21. The van der Waals surface area contributed by atoms with Crippen molar-refractivity contribution in [1.29, 1.82) is 0 Å². The highest BCUT2D eigenvalue weighted by Gasteiger charge is 2.46. The maximum absolute atomic E-state index is 6.22. The summed E-state index contributed by atoms with van der Waals surface area (Å²) in [4.78, 5) is 2.54. The largest absolute Gasteiger partial charge is 0.379 e. The Labute approximate surface area is 115 Å². The molecule has 1 aromatic rings. The number of rotatable bonds is 3. The van der Waals surface area contributed by atoms with E-state index in [1.54, 1.807) is 0 Å². The second-order valence-electron chi connectivity index (χ2n) is 5.81. The van der Waals surface area contributed by atoms with Gasteiger partial charge in [0.25, 0.3) is 0 Å². The van der Waals surface area contributed by atoms with Gasteiger partial charge in [-0.1, -0.05) is 31.0 Å². The van der Waals surface area contributed by atoms with Gasteiger partial charge in [0.2, 0.25) is 0 Å². The van der Waals surface area contributed by atoms with Crippen LogP contribution in [0.4, 0.5) is 5.69 Å². The highest BCUT2D eigenvalue weighted by atomic mass is 16.5. The van der Waals surface area contributed by atoms with Crippen molar-refractivity contribution in [2.24, 2.45) is 5.73 Å². The van der Waals surface area contributed by atoms with Gasteiger partial charge in [-0.15, -0.1) is 0 Å². The van der Waals surface area contributed by atoms with E-state index in [4.69, 9.17) is 10.5 Å². The van der Waals surface area contributed by atoms with Gasteiger partial charge in [0.05, 0.1) is 11.6 Å². The molecule has 3 heteroatoms. The van der Waals surface area contributed by atoms with Crippen LogP contribution in [-0.4, -0.2) is 31.8 Å². The average Bonchev–Trinajstić information content (AvgIpc) is 2.91. The zero-order chi connectivity index (χ0) is 13.3. The lowest BCUT2D eigenvalue weighted by atomic mass is 9.77. The zero-order valence-electron chi connectivity index (χ0n) is 11.8. The summed E-state index contributed by atoms with van der Waals surface area (Å²) in [6.45, 7) is 1.76. The Kier molecular flexibility index (Phi) is 3.50. The van der Waals surface area contributed by atoms with Crippen LogP contribution in [-0.2, 0) is 11.2 Å². The number of methoxy groups -OCH3 is 1. The van der Waals surface area contributed by atoms with E-state index in [0.29, 0.717) is 6.54 Å². The first-order valence-corrected chi connectivity index (χ1v) is 7.40. The van der Waals surface area contributed by atoms with Gasteiger partial charge in [0, 0.05) is 25.9 Å². The van der Waals surface area contributed by atoms with Gasteiger partial charge in [-0.3, -0.25) is 0 Å². The third kappa shape index (κ3) is 1.96. The quantitative estimate of drug-likeness (QED) is 0.906. The molecular formula is C16H24N2O. The fourth-order valence-electron chi connectivity index (χ4n) is 3.98. The number of benzene rings is 1. The molecule has 19 heavy (non-hydrogen) atoms. The predicted octanol–water partition coefficient (Wildman–Crippen LogP) is 2.34. The third-order valence-corrected chi connectivity index (χ3v) is 4.99. The van der Waals surface area contributed by atoms with Crippen LogP contribution in [0, 0.1) is 0 Å². The number of nitrogens with zero attached hydrogens (tertiary/aromatic N) is 1. The summed E-state index contributed by atoms with van der Waals surface area (Å²) in [5, 5.41) is 0. The number of anilines is 1. The van der Waals surface area contributed by atoms with Crippen molar-refractivity contribution >= 4 is 5.69 Å². The van der Waals surface area contributed by atoms with E-state index < -0.39 is 0 Å². The van der Waals surface area contributed by atoms with E-state index in [-0.39, 0.29) is 11.6 Å². The molecule has 1 heterocycles. The van der Waals surface area contributed by atoms with Gasteiger partial charge in [0.1, 0.15) is 0 Å². The highest BCUT2D eigenvalue weighted by Crippen LogP contribution is 2.41. The Balaban J connectivity index is 1.98. The summed E-state index contributed by atoms with van der Waals surface area (Å²) < 4.78 is 5.80. The summed E-state index contributed by atoms with van der Waals surface area (Å²) in [5.41, 5.74) is 9.05. The monoisotopic (exact) mass is 260 g/mol. The van der Waals surface area contributed by atoms with Gasteiger partial charge in [0.15, 0.2) is 0 Å². The predicted molar refractivity (Wildman–Crippen MR) is 78.5 cm³/mol. The topological polar surface area (TPSA) is 38.5 Å². The second kappa shape index (κ2) is 5.14. The molecule has 1 aliphatic heterocycles. The van der Waals surface area contributed by atoms with Crippen LogP contribution >= 0.6 is 0 Å². The molecule has 3 nitrogen and oxygen atoms in total. The van der Waals surface area contributed by atoms with E-state index in [1.165, 1.54) is 24.1 Å². The van der Waals surface area contributed by atoms with E-state index in [2.05, 4.69) is 29.2 Å². The summed E-state index contributed by atoms with van der Waals surface area (Å²) in [5.74, 6) is 0. The summed E-state index contributed by atoms with van der Waals surface area (Å²) >= 11 is 0. The van der Waals surface area contributed by atoms with Crippen molar-refractivity contribution < 1.29 is 4.74 Å². The van der Waals surface area contributed by atoms with Crippen molar-refractivity contribution in [3.63, 3.8) is 0 Å². The smallest absolute Gasteiger partial charge is 0.0815 e. The Morgan fingerprint density at radius 2 is 2.21 bits per heavy atom. The fraction of sp³-hybridized carbons (Fsp3) is 0.625. The molecule has 0 spiro atoms. The molecule has 2 atom stereocenters. The van der Waals surface area contributed by atoms with Gasteiger partial charge >= 0.3 is 0 Å². The van der Waals surface area contributed by atoms with Gasteiger partial charge < -0.3 is 15.4 Å². The van der Waals surface area contributed by atoms with Crippen molar-refractivity contribution in [1.82, 2.24) is 0 Å². The molecule has 2 unspecified atom stereocenters. The van der Waals surface area contributed by atoms with Crippen LogP contribution in [0.15, 0.2) is 24.3 Å². The number of hydrogen-bond acceptors (Lipinski definition) is 3. The fourth-order valence-corrected chi connectivity index (χ4v) is 3.98. The van der Waals surface area contributed by atoms with Gasteiger partial charge in [-0.05, 0) is 30.9 Å². The van der Waals surface area contributed by atoms with Crippen molar-refractivity contribution in [2.75, 3.05) is 25.1 Å². The van der Waals surface area contributed by atoms with E-state index in [0.717, 1.165) is 25.8 Å². The molecule has 1 fully saturated rings. The maximum atomic E-state index is 6.22. The van der Waals surface area contributed by atoms with E-state index in [9.17, 15) is 0 Å². The summed E-state index contributed by atoms with van der Waals surface area (Å²) in [6, 6.07) is 8.74. The Hall–Kier alpha value is -1.06.